The van der Waals surface area contributed by atoms with E-state index < -0.39 is 0 Å². The SMILES string of the molecule is CCN1Cc2cc(OC)c(OC)cc2CC1=O. The van der Waals surface area contributed by atoms with Gasteiger partial charge in [-0.15, -0.1) is 0 Å². The Morgan fingerprint density at radius 3 is 2.29 bits per heavy atom. The predicted octanol–water partition coefficient (Wildman–Crippen LogP) is 1.61. The van der Waals surface area contributed by atoms with Crippen molar-refractivity contribution in [2.45, 2.75) is 19.9 Å². The lowest BCUT2D eigenvalue weighted by molar-refractivity contribution is -0.131. The van der Waals surface area contributed by atoms with E-state index in [9.17, 15) is 4.79 Å². The van der Waals surface area contributed by atoms with Gasteiger partial charge in [0.05, 0.1) is 20.6 Å². The van der Waals surface area contributed by atoms with E-state index in [0.717, 1.165) is 23.4 Å². The number of amides is 1. The van der Waals surface area contributed by atoms with Crippen LogP contribution in [0.1, 0.15) is 18.1 Å². The summed E-state index contributed by atoms with van der Waals surface area (Å²) < 4.78 is 10.5. The van der Waals surface area contributed by atoms with Crippen LogP contribution in [0.5, 0.6) is 11.5 Å². The zero-order chi connectivity index (χ0) is 12.4. The highest BCUT2D eigenvalue weighted by Crippen LogP contribution is 2.33. The van der Waals surface area contributed by atoms with Crippen LogP contribution < -0.4 is 9.47 Å². The van der Waals surface area contributed by atoms with Gasteiger partial charge in [-0.1, -0.05) is 0 Å². The van der Waals surface area contributed by atoms with Gasteiger partial charge in [-0.05, 0) is 30.2 Å². The maximum Gasteiger partial charge on any atom is 0.227 e. The van der Waals surface area contributed by atoms with Gasteiger partial charge in [0.25, 0.3) is 0 Å². The van der Waals surface area contributed by atoms with Crippen LogP contribution in [-0.4, -0.2) is 31.6 Å². The molecule has 0 unspecified atom stereocenters. The minimum absolute atomic E-state index is 0.173. The summed E-state index contributed by atoms with van der Waals surface area (Å²) in [6.07, 6.45) is 0.448. The Morgan fingerprint density at radius 1 is 1.18 bits per heavy atom. The van der Waals surface area contributed by atoms with Crippen LogP contribution in [0.4, 0.5) is 0 Å². The Balaban J connectivity index is 2.41. The fourth-order valence-electron chi connectivity index (χ4n) is 2.13. The van der Waals surface area contributed by atoms with Crippen molar-refractivity contribution in [2.75, 3.05) is 20.8 Å². The second-order valence-corrected chi connectivity index (χ2v) is 4.06. The molecule has 1 heterocycles. The van der Waals surface area contributed by atoms with Crippen molar-refractivity contribution in [3.63, 3.8) is 0 Å². The average Bonchev–Trinajstić information content (AvgIpc) is 2.36. The highest BCUT2D eigenvalue weighted by molar-refractivity contribution is 5.81. The van der Waals surface area contributed by atoms with Crippen molar-refractivity contribution in [3.8, 4) is 11.5 Å². The Kier molecular flexibility index (Phi) is 3.22. The smallest absolute Gasteiger partial charge is 0.227 e. The lowest BCUT2D eigenvalue weighted by Crippen LogP contribution is -2.35. The van der Waals surface area contributed by atoms with Crippen LogP contribution in [0.3, 0.4) is 0 Å². The molecule has 0 saturated carbocycles. The predicted molar refractivity (Wildman–Crippen MR) is 64.3 cm³/mol. The summed E-state index contributed by atoms with van der Waals surface area (Å²) >= 11 is 0. The lowest BCUT2D eigenvalue weighted by Gasteiger charge is -2.28. The van der Waals surface area contributed by atoms with Crippen molar-refractivity contribution in [3.05, 3.63) is 23.3 Å². The molecule has 1 aromatic rings. The van der Waals surface area contributed by atoms with E-state index in [1.807, 2.05) is 24.0 Å². The first-order valence-corrected chi connectivity index (χ1v) is 5.71. The molecule has 4 nitrogen and oxygen atoms in total. The van der Waals surface area contributed by atoms with Crippen LogP contribution in [0.2, 0.25) is 0 Å². The number of nitrogens with zero attached hydrogens (tertiary/aromatic N) is 1. The molecule has 2 rings (SSSR count). The molecule has 0 aromatic heterocycles. The Bertz CT molecular complexity index is 443. The third kappa shape index (κ3) is 2.07. The summed E-state index contributed by atoms with van der Waals surface area (Å²) in [5.74, 6) is 1.58. The molecule has 0 fully saturated rings. The molecule has 0 aliphatic carbocycles. The Morgan fingerprint density at radius 2 is 1.76 bits per heavy atom. The summed E-state index contributed by atoms with van der Waals surface area (Å²) in [6.45, 7) is 3.39. The summed E-state index contributed by atoms with van der Waals surface area (Å²) in [7, 11) is 3.23. The molecule has 4 heteroatoms. The van der Waals surface area contributed by atoms with E-state index >= 15 is 0 Å². The number of benzene rings is 1. The van der Waals surface area contributed by atoms with Gasteiger partial charge in [-0.3, -0.25) is 4.79 Å². The van der Waals surface area contributed by atoms with Crippen molar-refractivity contribution in [1.82, 2.24) is 4.90 Å². The summed E-state index contributed by atoms with van der Waals surface area (Å²) in [5.41, 5.74) is 2.18. The summed E-state index contributed by atoms with van der Waals surface area (Å²) in [5, 5.41) is 0. The normalized spacial score (nSPS) is 14.5. The number of hydrogen-bond donors (Lipinski definition) is 0. The van der Waals surface area contributed by atoms with Gasteiger partial charge in [-0.2, -0.15) is 0 Å². The van der Waals surface area contributed by atoms with Crippen molar-refractivity contribution >= 4 is 5.91 Å². The van der Waals surface area contributed by atoms with Crippen LogP contribution in [0, 0.1) is 0 Å². The van der Waals surface area contributed by atoms with E-state index in [1.54, 1.807) is 14.2 Å². The highest BCUT2D eigenvalue weighted by Gasteiger charge is 2.23. The average molecular weight is 235 g/mol. The molecular weight excluding hydrogens is 218 g/mol. The van der Waals surface area contributed by atoms with Gasteiger partial charge < -0.3 is 14.4 Å². The quantitative estimate of drug-likeness (QED) is 0.799. The van der Waals surface area contributed by atoms with Gasteiger partial charge in [0.15, 0.2) is 11.5 Å². The number of carbonyl (C=O) groups excluding carboxylic acids is 1. The first kappa shape index (κ1) is 11.8. The van der Waals surface area contributed by atoms with E-state index in [1.165, 1.54) is 0 Å². The Hall–Kier alpha value is -1.71. The molecular formula is C13H17NO3. The number of hydrogen-bond acceptors (Lipinski definition) is 3. The maximum atomic E-state index is 11.8. The van der Waals surface area contributed by atoms with Crippen molar-refractivity contribution in [1.29, 1.82) is 0 Å². The molecule has 0 atom stereocenters. The van der Waals surface area contributed by atoms with Crippen LogP contribution in [0.15, 0.2) is 12.1 Å². The molecule has 0 N–H and O–H groups in total. The third-order valence-corrected chi connectivity index (χ3v) is 3.14. The molecule has 1 aromatic carbocycles. The Labute approximate surface area is 101 Å². The molecule has 1 aliphatic rings. The molecule has 17 heavy (non-hydrogen) atoms. The summed E-state index contributed by atoms with van der Waals surface area (Å²) in [6, 6.07) is 3.86. The van der Waals surface area contributed by atoms with Gasteiger partial charge in [-0.25, -0.2) is 0 Å². The second-order valence-electron chi connectivity index (χ2n) is 4.06. The fraction of sp³-hybridized carbons (Fsp3) is 0.462. The standard InChI is InChI=1S/C13H17NO3/c1-4-14-8-10-6-12(17-3)11(16-2)5-9(10)7-13(14)15/h5-6H,4,7-8H2,1-3H3. The molecule has 0 radical (unpaired) electrons. The van der Waals surface area contributed by atoms with Gasteiger partial charge in [0, 0.05) is 13.1 Å². The minimum Gasteiger partial charge on any atom is -0.493 e. The summed E-state index contributed by atoms with van der Waals surface area (Å²) in [4.78, 5) is 13.6. The topological polar surface area (TPSA) is 38.8 Å². The minimum atomic E-state index is 0.173. The molecule has 0 bridgehead atoms. The zero-order valence-corrected chi connectivity index (χ0v) is 10.4. The van der Waals surface area contributed by atoms with Crippen LogP contribution in [0.25, 0.3) is 0 Å². The number of fused-ring (bicyclic) bond motifs is 1. The molecule has 0 spiro atoms. The monoisotopic (exact) mass is 235 g/mol. The third-order valence-electron chi connectivity index (χ3n) is 3.14. The van der Waals surface area contributed by atoms with E-state index in [2.05, 4.69) is 0 Å². The molecule has 1 amide bonds. The largest absolute Gasteiger partial charge is 0.493 e. The van der Waals surface area contributed by atoms with Gasteiger partial charge >= 0.3 is 0 Å². The molecule has 1 aliphatic heterocycles. The van der Waals surface area contributed by atoms with E-state index in [-0.39, 0.29) is 5.91 Å². The van der Waals surface area contributed by atoms with Gasteiger partial charge in [0.1, 0.15) is 0 Å². The van der Waals surface area contributed by atoms with E-state index in [0.29, 0.717) is 18.7 Å². The number of ether oxygens (including phenoxy) is 2. The number of methoxy groups -OCH3 is 2. The maximum absolute atomic E-state index is 11.8. The highest BCUT2D eigenvalue weighted by atomic mass is 16.5. The second kappa shape index (κ2) is 4.65. The lowest BCUT2D eigenvalue weighted by atomic mass is 9.98. The number of likely N-dealkylation sites (N-methyl/N-ethyl adjacent to an activating group) is 1. The van der Waals surface area contributed by atoms with E-state index in [4.69, 9.17) is 9.47 Å². The van der Waals surface area contributed by atoms with Crippen molar-refractivity contribution < 1.29 is 14.3 Å². The van der Waals surface area contributed by atoms with Gasteiger partial charge in [0.2, 0.25) is 5.91 Å². The zero-order valence-electron chi connectivity index (χ0n) is 10.4. The fourth-order valence-corrected chi connectivity index (χ4v) is 2.13. The number of carbonyl (C=O) groups is 1. The molecule has 92 valence electrons. The molecule has 0 saturated heterocycles. The first-order valence-electron chi connectivity index (χ1n) is 5.71. The van der Waals surface area contributed by atoms with Crippen LogP contribution >= 0.6 is 0 Å². The van der Waals surface area contributed by atoms with Crippen molar-refractivity contribution in [2.24, 2.45) is 0 Å². The first-order chi connectivity index (χ1) is 8.19. The number of rotatable bonds is 3. The van der Waals surface area contributed by atoms with Crippen LogP contribution in [-0.2, 0) is 17.8 Å².